The molecule has 134 valence electrons. The number of ether oxygens (including phenoxy) is 3. The van der Waals surface area contributed by atoms with Gasteiger partial charge >= 0.3 is 11.9 Å². The van der Waals surface area contributed by atoms with Crippen LogP contribution >= 0.6 is 0 Å². The molecule has 0 aliphatic heterocycles. The number of benzene rings is 1. The Morgan fingerprint density at radius 2 is 1.96 bits per heavy atom. The van der Waals surface area contributed by atoms with Crippen LogP contribution in [-0.2, 0) is 37.4 Å². The second kappa shape index (κ2) is 9.58. The lowest BCUT2D eigenvalue weighted by Crippen LogP contribution is -2.38. The van der Waals surface area contributed by atoms with Gasteiger partial charge < -0.3 is 14.2 Å². The summed E-state index contributed by atoms with van der Waals surface area (Å²) in [5.74, 6) is -1.14. The predicted octanol–water partition coefficient (Wildman–Crippen LogP) is 1.18. The Morgan fingerprint density at radius 3 is 2.60 bits per heavy atom. The van der Waals surface area contributed by atoms with E-state index in [2.05, 4.69) is 0 Å². The van der Waals surface area contributed by atoms with E-state index in [0.717, 1.165) is 0 Å². The first-order chi connectivity index (χ1) is 12.1. The first-order valence-corrected chi connectivity index (χ1v) is 8.10. The molecule has 7 heteroatoms. The molecule has 2 rings (SSSR count). The third-order valence-corrected chi connectivity index (χ3v) is 3.38. The van der Waals surface area contributed by atoms with Crippen molar-refractivity contribution in [2.75, 3.05) is 19.8 Å². The fourth-order valence-electron chi connectivity index (χ4n) is 2.21. The molecule has 0 unspecified atom stereocenters. The van der Waals surface area contributed by atoms with E-state index in [9.17, 15) is 9.59 Å². The predicted molar refractivity (Wildman–Crippen MR) is 88.3 cm³/mol. The number of rotatable bonds is 9. The smallest absolute Gasteiger partial charge is 0.352 e. The molecule has 0 saturated carbocycles. The number of nitrogens with zero attached hydrogens (tertiary/aromatic N) is 2. The fraction of sp³-hybridized carbons (Fsp3) is 0.389. The summed E-state index contributed by atoms with van der Waals surface area (Å²) in [6.45, 7) is 2.83. The highest BCUT2D eigenvalue weighted by molar-refractivity contribution is 5.80. The summed E-state index contributed by atoms with van der Waals surface area (Å²) >= 11 is 0. The Bertz CT molecular complexity index is 684. The van der Waals surface area contributed by atoms with Crippen LogP contribution in [0.4, 0.5) is 0 Å². The molecule has 1 aromatic heterocycles. The van der Waals surface area contributed by atoms with Gasteiger partial charge in [0.05, 0.1) is 13.7 Å². The summed E-state index contributed by atoms with van der Waals surface area (Å²) in [4.78, 5) is 24.5. The zero-order valence-corrected chi connectivity index (χ0v) is 14.5. The summed E-state index contributed by atoms with van der Waals surface area (Å²) in [5, 5.41) is 0. The van der Waals surface area contributed by atoms with Gasteiger partial charge in [-0.05, 0) is 6.92 Å². The number of hydrogen-bond acceptors (Lipinski definition) is 5. The summed E-state index contributed by atoms with van der Waals surface area (Å²) in [6.07, 6.45) is 4.21. The van der Waals surface area contributed by atoms with Crippen molar-refractivity contribution in [2.24, 2.45) is 7.05 Å². The van der Waals surface area contributed by atoms with Crippen LogP contribution in [0.25, 0.3) is 0 Å². The SMILES string of the molecule is CCOCCOC(=O)[C@@H](OC(=O)C[n+]1ccn(C)c1)c1ccccc1. The summed E-state index contributed by atoms with van der Waals surface area (Å²) < 4.78 is 19.2. The van der Waals surface area contributed by atoms with Crippen LogP contribution in [0.5, 0.6) is 0 Å². The molecule has 0 fully saturated rings. The average Bonchev–Trinajstić information content (AvgIpc) is 3.02. The molecule has 0 spiro atoms. The van der Waals surface area contributed by atoms with Gasteiger partial charge in [0.15, 0.2) is 6.54 Å². The first-order valence-electron chi connectivity index (χ1n) is 8.10. The zero-order valence-electron chi connectivity index (χ0n) is 14.5. The van der Waals surface area contributed by atoms with Gasteiger partial charge in [-0.15, -0.1) is 0 Å². The Morgan fingerprint density at radius 1 is 1.20 bits per heavy atom. The lowest BCUT2D eigenvalue weighted by atomic mass is 10.1. The molecule has 0 aliphatic carbocycles. The van der Waals surface area contributed by atoms with Crippen LogP contribution in [-0.4, -0.2) is 36.3 Å². The molecular weight excluding hydrogens is 324 g/mol. The number of hydrogen-bond donors (Lipinski definition) is 0. The number of esters is 2. The van der Waals surface area contributed by atoms with Gasteiger partial charge in [0.2, 0.25) is 12.4 Å². The highest BCUT2D eigenvalue weighted by Gasteiger charge is 2.27. The van der Waals surface area contributed by atoms with Crippen LogP contribution in [0, 0.1) is 0 Å². The minimum atomic E-state index is -1.10. The van der Waals surface area contributed by atoms with Crippen molar-refractivity contribution in [3.8, 4) is 0 Å². The van der Waals surface area contributed by atoms with Crippen LogP contribution in [0.2, 0.25) is 0 Å². The third kappa shape index (κ3) is 6.04. The topological polar surface area (TPSA) is 70.6 Å². The van der Waals surface area contributed by atoms with E-state index in [4.69, 9.17) is 14.2 Å². The molecule has 25 heavy (non-hydrogen) atoms. The monoisotopic (exact) mass is 347 g/mol. The second-order valence-electron chi connectivity index (χ2n) is 5.40. The van der Waals surface area contributed by atoms with Gasteiger partial charge in [-0.1, -0.05) is 30.3 Å². The Balaban J connectivity index is 2.01. The van der Waals surface area contributed by atoms with Crippen LogP contribution in [0.3, 0.4) is 0 Å². The number of aromatic nitrogens is 2. The second-order valence-corrected chi connectivity index (χ2v) is 5.40. The molecule has 0 bridgehead atoms. The van der Waals surface area contributed by atoms with E-state index < -0.39 is 18.0 Å². The normalized spacial score (nSPS) is 11.8. The molecule has 0 radical (unpaired) electrons. The van der Waals surface area contributed by atoms with Gasteiger partial charge in [0.1, 0.15) is 19.0 Å². The molecule has 0 saturated heterocycles. The van der Waals surface area contributed by atoms with E-state index >= 15 is 0 Å². The molecule has 0 aliphatic rings. The molecule has 1 aromatic carbocycles. The largest absolute Gasteiger partial charge is 0.460 e. The van der Waals surface area contributed by atoms with Crippen molar-refractivity contribution in [3.63, 3.8) is 0 Å². The number of aryl methyl sites for hydroxylation is 1. The summed E-state index contributed by atoms with van der Waals surface area (Å²) in [5.41, 5.74) is 0.565. The number of imidazole rings is 1. The standard InChI is InChI=1S/C18H23N2O5/c1-3-23-11-12-24-18(22)17(15-7-5-4-6-8-15)25-16(21)13-20-10-9-19(2)14-20/h4-10,14,17H,3,11-13H2,1-2H3/q+1/t17-/m0/s1. The van der Waals surface area contributed by atoms with Gasteiger partial charge in [0, 0.05) is 12.2 Å². The first kappa shape index (κ1) is 18.7. The lowest BCUT2D eigenvalue weighted by molar-refractivity contribution is -0.685. The van der Waals surface area contributed by atoms with E-state index in [1.165, 1.54) is 0 Å². The number of carbonyl (C=O) groups is 2. The van der Waals surface area contributed by atoms with Crippen molar-refractivity contribution in [2.45, 2.75) is 19.6 Å². The van der Waals surface area contributed by atoms with Gasteiger partial charge in [0.25, 0.3) is 0 Å². The van der Waals surface area contributed by atoms with Gasteiger partial charge in [-0.25, -0.2) is 18.7 Å². The number of carbonyl (C=O) groups excluding carboxylic acids is 2. The Hall–Kier alpha value is -2.67. The van der Waals surface area contributed by atoms with E-state index in [-0.39, 0.29) is 13.2 Å². The minimum absolute atomic E-state index is 0.0103. The maximum Gasteiger partial charge on any atom is 0.352 e. The zero-order chi connectivity index (χ0) is 18.1. The Kier molecular flexibility index (Phi) is 7.16. The molecule has 1 heterocycles. The van der Waals surface area contributed by atoms with E-state index in [0.29, 0.717) is 18.8 Å². The van der Waals surface area contributed by atoms with Crippen molar-refractivity contribution >= 4 is 11.9 Å². The minimum Gasteiger partial charge on any atom is -0.460 e. The summed E-state index contributed by atoms with van der Waals surface area (Å²) in [6, 6.07) is 8.81. The average molecular weight is 347 g/mol. The van der Waals surface area contributed by atoms with Crippen LogP contribution in [0.1, 0.15) is 18.6 Å². The van der Waals surface area contributed by atoms with Gasteiger partial charge in [-0.3, -0.25) is 0 Å². The molecule has 1 atom stereocenters. The van der Waals surface area contributed by atoms with Crippen LogP contribution < -0.4 is 4.57 Å². The maximum absolute atomic E-state index is 12.3. The maximum atomic E-state index is 12.3. The molecule has 7 nitrogen and oxygen atoms in total. The lowest BCUT2D eigenvalue weighted by Gasteiger charge is -2.16. The van der Waals surface area contributed by atoms with Gasteiger partial charge in [-0.2, -0.15) is 0 Å². The van der Waals surface area contributed by atoms with E-state index in [1.807, 2.05) is 30.8 Å². The van der Waals surface area contributed by atoms with Crippen molar-refractivity contribution in [3.05, 3.63) is 54.6 Å². The quantitative estimate of drug-likeness (QED) is 0.387. The van der Waals surface area contributed by atoms with Crippen molar-refractivity contribution in [1.82, 2.24) is 4.57 Å². The van der Waals surface area contributed by atoms with Crippen molar-refractivity contribution < 1.29 is 28.4 Å². The Labute approximate surface area is 146 Å². The van der Waals surface area contributed by atoms with Crippen molar-refractivity contribution in [1.29, 1.82) is 0 Å². The third-order valence-electron chi connectivity index (χ3n) is 3.38. The van der Waals surface area contributed by atoms with E-state index in [1.54, 1.807) is 41.4 Å². The highest BCUT2D eigenvalue weighted by Crippen LogP contribution is 2.19. The fourth-order valence-corrected chi connectivity index (χ4v) is 2.21. The van der Waals surface area contributed by atoms with Crippen LogP contribution in [0.15, 0.2) is 49.1 Å². The molecule has 2 aromatic rings. The molecular formula is C18H23N2O5+. The summed E-state index contributed by atoms with van der Waals surface area (Å²) in [7, 11) is 1.85. The highest BCUT2D eigenvalue weighted by atomic mass is 16.6. The molecule has 0 amide bonds. The molecule has 0 N–H and O–H groups in total.